The Labute approximate surface area is 155 Å². The van der Waals surface area contributed by atoms with Crippen LogP contribution in [0.5, 0.6) is 11.5 Å². The number of rotatable bonds is 7. The van der Waals surface area contributed by atoms with Crippen LogP contribution in [0.25, 0.3) is 0 Å². The predicted molar refractivity (Wildman–Crippen MR) is 94.7 cm³/mol. The first-order chi connectivity index (χ1) is 12.2. The molecule has 2 N–H and O–H groups in total. The molecule has 0 aliphatic heterocycles. The first-order valence-electron chi connectivity index (χ1n) is 7.18. The Bertz CT molecular complexity index is 936. The largest absolute Gasteiger partial charge is 0.493 e. The van der Waals surface area contributed by atoms with Crippen LogP contribution >= 0.6 is 11.6 Å². The maximum atomic E-state index is 13.4. The van der Waals surface area contributed by atoms with Gasteiger partial charge in [-0.25, -0.2) is 12.8 Å². The van der Waals surface area contributed by atoms with Crippen molar-refractivity contribution in [2.75, 3.05) is 25.1 Å². The van der Waals surface area contributed by atoms with Crippen molar-refractivity contribution in [3.05, 3.63) is 47.2 Å². The van der Waals surface area contributed by atoms with Crippen molar-refractivity contribution in [1.29, 1.82) is 0 Å². The highest BCUT2D eigenvalue weighted by molar-refractivity contribution is 7.92. The first-order valence-corrected chi connectivity index (χ1v) is 9.00. The molecule has 0 aliphatic carbocycles. The molecular formula is C16H16ClFN2O5S. The number of anilines is 1. The highest BCUT2D eigenvalue weighted by Crippen LogP contribution is 2.33. The third-order valence-corrected chi connectivity index (χ3v) is 5.49. The SMILES string of the molecule is COc1ccc(S(=O)(=O)N(CC(N)=O)c2ccc(F)c(Cl)c2)cc1OC. The molecule has 0 saturated carbocycles. The van der Waals surface area contributed by atoms with E-state index in [4.69, 9.17) is 26.8 Å². The van der Waals surface area contributed by atoms with Gasteiger partial charge < -0.3 is 15.2 Å². The van der Waals surface area contributed by atoms with Crippen LogP contribution in [-0.4, -0.2) is 35.1 Å². The molecule has 1 amide bonds. The van der Waals surface area contributed by atoms with Crippen molar-refractivity contribution < 1.29 is 27.1 Å². The fraction of sp³-hybridized carbons (Fsp3) is 0.188. The normalized spacial score (nSPS) is 11.1. The zero-order chi connectivity index (χ0) is 19.5. The Hall–Kier alpha value is -2.52. The average molecular weight is 403 g/mol. The summed E-state index contributed by atoms with van der Waals surface area (Å²) in [6, 6.07) is 7.21. The molecule has 140 valence electrons. The Morgan fingerprint density at radius 2 is 1.81 bits per heavy atom. The lowest BCUT2D eigenvalue weighted by atomic mass is 10.3. The zero-order valence-corrected chi connectivity index (χ0v) is 15.5. The molecule has 2 rings (SSSR count). The molecule has 2 aromatic carbocycles. The molecule has 0 radical (unpaired) electrons. The van der Waals surface area contributed by atoms with Crippen LogP contribution in [0, 0.1) is 5.82 Å². The molecule has 0 fully saturated rings. The van der Waals surface area contributed by atoms with Gasteiger partial charge in [-0.15, -0.1) is 0 Å². The van der Waals surface area contributed by atoms with Crippen molar-refractivity contribution in [2.45, 2.75) is 4.90 Å². The molecule has 0 atom stereocenters. The van der Waals surface area contributed by atoms with Gasteiger partial charge in [0.2, 0.25) is 5.91 Å². The zero-order valence-electron chi connectivity index (χ0n) is 13.9. The second-order valence-electron chi connectivity index (χ2n) is 5.09. The average Bonchev–Trinajstić information content (AvgIpc) is 2.61. The Morgan fingerprint density at radius 3 is 2.35 bits per heavy atom. The number of ether oxygens (including phenoxy) is 2. The van der Waals surface area contributed by atoms with Gasteiger partial charge in [0.25, 0.3) is 10.0 Å². The van der Waals surface area contributed by atoms with Gasteiger partial charge in [0.15, 0.2) is 11.5 Å². The molecular weight excluding hydrogens is 387 g/mol. The molecule has 2 aromatic rings. The molecule has 0 aromatic heterocycles. The maximum Gasteiger partial charge on any atom is 0.264 e. The molecule has 10 heteroatoms. The monoisotopic (exact) mass is 402 g/mol. The summed E-state index contributed by atoms with van der Waals surface area (Å²) in [6.45, 7) is -0.654. The van der Waals surface area contributed by atoms with Crippen LogP contribution in [0.1, 0.15) is 0 Å². The van der Waals surface area contributed by atoms with Crippen molar-refractivity contribution in [1.82, 2.24) is 0 Å². The van der Waals surface area contributed by atoms with E-state index in [2.05, 4.69) is 0 Å². The van der Waals surface area contributed by atoms with Crippen LogP contribution in [0.2, 0.25) is 5.02 Å². The number of hydrogen-bond donors (Lipinski definition) is 1. The van der Waals surface area contributed by atoms with E-state index in [1.807, 2.05) is 0 Å². The quantitative estimate of drug-likeness (QED) is 0.765. The number of benzene rings is 2. The lowest BCUT2D eigenvalue weighted by Gasteiger charge is -2.24. The number of nitrogens with zero attached hydrogens (tertiary/aromatic N) is 1. The maximum absolute atomic E-state index is 13.4. The van der Waals surface area contributed by atoms with Gasteiger partial charge in [-0.3, -0.25) is 9.10 Å². The van der Waals surface area contributed by atoms with Crippen molar-refractivity contribution in [3.8, 4) is 11.5 Å². The summed E-state index contributed by atoms with van der Waals surface area (Å²) >= 11 is 5.73. The molecule has 0 bridgehead atoms. The molecule has 26 heavy (non-hydrogen) atoms. The molecule has 0 aliphatic rings. The Kier molecular flexibility index (Phi) is 5.94. The second-order valence-corrected chi connectivity index (χ2v) is 7.36. The number of hydrogen-bond acceptors (Lipinski definition) is 5. The first kappa shape index (κ1) is 19.8. The fourth-order valence-electron chi connectivity index (χ4n) is 2.20. The van der Waals surface area contributed by atoms with E-state index in [1.54, 1.807) is 0 Å². The standard InChI is InChI=1S/C16H16ClFN2O5S/c1-24-14-6-4-11(8-15(14)25-2)26(22,23)20(9-16(19)21)10-3-5-13(18)12(17)7-10/h3-8H,9H2,1-2H3,(H2,19,21). The van der Waals surface area contributed by atoms with Crippen LogP contribution in [0.3, 0.4) is 0 Å². The fourth-order valence-corrected chi connectivity index (χ4v) is 3.81. The van der Waals surface area contributed by atoms with E-state index < -0.39 is 28.3 Å². The van der Waals surface area contributed by atoms with E-state index in [9.17, 15) is 17.6 Å². The van der Waals surface area contributed by atoms with Crippen molar-refractivity contribution in [3.63, 3.8) is 0 Å². The minimum Gasteiger partial charge on any atom is -0.493 e. The van der Waals surface area contributed by atoms with E-state index in [0.29, 0.717) is 5.75 Å². The highest BCUT2D eigenvalue weighted by atomic mass is 35.5. The number of sulfonamides is 1. The van der Waals surface area contributed by atoms with Gasteiger partial charge in [-0.05, 0) is 30.3 Å². The predicted octanol–water partition coefficient (Wildman–Crippen LogP) is 2.18. The molecule has 0 saturated heterocycles. The number of nitrogens with two attached hydrogens (primary N) is 1. The van der Waals surface area contributed by atoms with E-state index in [-0.39, 0.29) is 21.4 Å². The Balaban J connectivity index is 2.59. The number of carbonyl (C=O) groups excluding carboxylic acids is 1. The van der Waals surface area contributed by atoms with Gasteiger partial charge in [0.1, 0.15) is 12.4 Å². The van der Waals surface area contributed by atoms with Gasteiger partial charge in [-0.2, -0.15) is 0 Å². The number of amides is 1. The van der Waals surface area contributed by atoms with E-state index in [0.717, 1.165) is 16.4 Å². The van der Waals surface area contributed by atoms with Crippen molar-refractivity contribution in [2.24, 2.45) is 5.73 Å². The summed E-state index contributed by atoms with van der Waals surface area (Å²) in [6.07, 6.45) is 0. The minimum absolute atomic E-state index is 0.00927. The smallest absolute Gasteiger partial charge is 0.264 e. The van der Waals surface area contributed by atoms with Crippen molar-refractivity contribution >= 4 is 33.2 Å². The molecule has 0 spiro atoms. The van der Waals surface area contributed by atoms with Gasteiger partial charge in [0, 0.05) is 6.07 Å². The van der Waals surface area contributed by atoms with Crippen LogP contribution in [-0.2, 0) is 14.8 Å². The molecule has 7 nitrogen and oxygen atoms in total. The summed E-state index contributed by atoms with van der Waals surface area (Å²) in [5.74, 6) is -1.10. The van der Waals surface area contributed by atoms with Gasteiger partial charge >= 0.3 is 0 Å². The van der Waals surface area contributed by atoms with Crippen LogP contribution in [0.15, 0.2) is 41.3 Å². The minimum atomic E-state index is -4.22. The number of halogens is 2. The third-order valence-electron chi connectivity index (χ3n) is 3.43. The third kappa shape index (κ3) is 4.00. The summed E-state index contributed by atoms with van der Waals surface area (Å²) in [7, 11) is -1.46. The molecule has 0 heterocycles. The topological polar surface area (TPSA) is 98.9 Å². The highest BCUT2D eigenvalue weighted by Gasteiger charge is 2.28. The summed E-state index contributed by atoms with van der Waals surface area (Å²) < 4.78 is 50.4. The van der Waals surface area contributed by atoms with Gasteiger partial charge in [-0.1, -0.05) is 11.6 Å². The van der Waals surface area contributed by atoms with E-state index >= 15 is 0 Å². The lowest BCUT2D eigenvalue weighted by molar-refractivity contribution is -0.116. The van der Waals surface area contributed by atoms with Crippen LogP contribution in [0.4, 0.5) is 10.1 Å². The summed E-state index contributed by atoms with van der Waals surface area (Å²) in [5, 5.41) is -0.292. The number of primary amides is 1. The summed E-state index contributed by atoms with van der Waals surface area (Å²) in [5.41, 5.74) is 5.17. The second kappa shape index (κ2) is 7.79. The van der Waals surface area contributed by atoms with Crippen LogP contribution < -0.4 is 19.5 Å². The number of carbonyl (C=O) groups is 1. The lowest BCUT2D eigenvalue weighted by Crippen LogP contribution is -2.38. The Morgan fingerprint density at radius 1 is 1.15 bits per heavy atom. The summed E-state index contributed by atoms with van der Waals surface area (Å²) in [4.78, 5) is 11.2. The molecule has 0 unspecified atom stereocenters. The van der Waals surface area contributed by atoms with Gasteiger partial charge in [0.05, 0.1) is 29.8 Å². The van der Waals surface area contributed by atoms with E-state index in [1.165, 1.54) is 38.5 Å². The number of methoxy groups -OCH3 is 2.